The molecule has 0 amide bonds. The first-order chi connectivity index (χ1) is 12.4. The van der Waals surface area contributed by atoms with Crippen LogP contribution < -0.4 is 0 Å². The molecule has 0 saturated carbocycles. The molecule has 0 N–H and O–H groups in total. The maximum atomic E-state index is 11.7. The largest absolute Gasteiger partial charge is 0.264 e. The number of aromatic nitrogens is 3. The molecule has 136 valence electrons. The number of rotatable bonds is 3. The van der Waals surface area contributed by atoms with Gasteiger partial charge in [-0.15, -0.1) is 0 Å². The minimum absolute atomic E-state index is 0.166. The number of hydrogen-bond donors (Lipinski definition) is 0. The van der Waals surface area contributed by atoms with E-state index >= 15 is 0 Å². The van der Waals surface area contributed by atoms with Gasteiger partial charge in [-0.2, -0.15) is 5.10 Å². The standard InChI is InChI=1S/C18H19ClN4O2S/c1-26(24,25)22-10-7-15(8-11-22)23-17-6-9-20-12-16(17)18(21-23)13-2-4-14(19)5-3-13/h2-6,9,12,15H,7-8,10-11H2,1H3. The zero-order chi connectivity index (χ0) is 18.3. The first-order valence-electron chi connectivity index (χ1n) is 8.47. The molecule has 6 nitrogen and oxygen atoms in total. The summed E-state index contributed by atoms with van der Waals surface area (Å²) in [4.78, 5) is 4.25. The number of nitrogens with zero attached hydrogens (tertiary/aromatic N) is 4. The second kappa shape index (κ2) is 6.64. The van der Waals surface area contributed by atoms with Crippen LogP contribution in [0.15, 0.2) is 42.7 Å². The first kappa shape index (κ1) is 17.5. The predicted octanol–water partition coefficient (Wildman–Crippen LogP) is 3.35. The Morgan fingerprint density at radius 2 is 1.81 bits per heavy atom. The molecule has 8 heteroatoms. The van der Waals surface area contributed by atoms with Gasteiger partial charge in [-0.3, -0.25) is 9.67 Å². The Morgan fingerprint density at radius 3 is 2.46 bits per heavy atom. The fourth-order valence-electron chi connectivity index (χ4n) is 3.50. The molecule has 0 bridgehead atoms. The lowest BCUT2D eigenvalue weighted by atomic mass is 10.1. The third-order valence-electron chi connectivity index (χ3n) is 4.86. The van der Waals surface area contributed by atoms with Crippen molar-refractivity contribution < 1.29 is 8.42 Å². The summed E-state index contributed by atoms with van der Waals surface area (Å²) in [6.45, 7) is 1.04. The van der Waals surface area contributed by atoms with Crippen molar-refractivity contribution in [3.8, 4) is 11.3 Å². The molecule has 0 aliphatic carbocycles. The highest BCUT2D eigenvalue weighted by molar-refractivity contribution is 7.88. The molecule has 2 aromatic heterocycles. The first-order valence-corrected chi connectivity index (χ1v) is 10.7. The van der Waals surface area contributed by atoms with Gasteiger partial charge in [0.05, 0.1) is 17.8 Å². The highest BCUT2D eigenvalue weighted by atomic mass is 35.5. The van der Waals surface area contributed by atoms with Crippen LogP contribution in [0.5, 0.6) is 0 Å². The van der Waals surface area contributed by atoms with Crippen LogP contribution in [0.3, 0.4) is 0 Å². The summed E-state index contributed by atoms with van der Waals surface area (Å²) >= 11 is 6.00. The van der Waals surface area contributed by atoms with Crippen LogP contribution in [0, 0.1) is 0 Å². The van der Waals surface area contributed by atoms with Crippen molar-refractivity contribution in [3.63, 3.8) is 0 Å². The SMILES string of the molecule is CS(=O)(=O)N1CCC(n2nc(-c3ccc(Cl)cc3)c3cnccc32)CC1. The number of halogens is 1. The number of pyridine rings is 1. The summed E-state index contributed by atoms with van der Waals surface area (Å²) in [6, 6.07) is 9.73. The average molecular weight is 391 g/mol. The van der Waals surface area contributed by atoms with E-state index in [0.29, 0.717) is 18.1 Å². The molecule has 0 atom stereocenters. The van der Waals surface area contributed by atoms with E-state index in [1.54, 1.807) is 6.20 Å². The zero-order valence-electron chi connectivity index (χ0n) is 14.3. The molecular formula is C18H19ClN4O2S. The smallest absolute Gasteiger partial charge is 0.211 e. The van der Waals surface area contributed by atoms with Gasteiger partial charge in [0.15, 0.2) is 0 Å². The van der Waals surface area contributed by atoms with Crippen LogP contribution in [0.4, 0.5) is 0 Å². The summed E-state index contributed by atoms with van der Waals surface area (Å²) in [6.07, 6.45) is 6.34. The van der Waals surface area contributed by atoms with Gasteiger partial charge in [0.2, 0.25) is 10.0 Å². The van der Waals surface area contributed by atoms with Crippen LogP contribution in [-0.4, -0.2) is 46.8 Å². The minimum atomic E-state index is -3.13. The minimum Gasteiger partial charge on any atom is -0.264 e. The second-order valence-electron chi connectivity index (χ2n) is 6.59. The van der Waals surface area contributed by atoms with Gasteiger partial charge >= 0.3 is 0 Å². The van der Waals surface area contributed by atoms with Crippen molar-refractivity contribution in [1.82, 2.24) is 19.1 Å². The molecule has 0 spiro atoms. The monoisotopic (exact) mass is 390 g/mol. The van der Waals surface area contributed by atoms with Gasteiger partial charge in [-0.1, -0.05) is 23.7 Å². The molecule has 1 aliphatic rings. The molecule has 1 saturated heterocycles. The van der Waals surface area contributed by atoms with E-state index in [0.717, 1.165) is 35.0 Å². The van der Waals surface area contributed by atoms with E-state index in [4.69, 9.17) is 16.7 Å². The summed E-state index contributed by atoms with van der Waals surface area (Å²) < 4.78 is 27.1. The molecule has 3 aromatic rings. The third kappa shape index (κ3) is 3.22. The summed E-state index contributed by atoms with van der Waals surface area (Å²) in [5.41, 5.74) is 2.87. The number of sulfonamides is 1. The van der Waals surface area contributed by atoms with Crippen LogP contribution >= 0.6 is 11.6 Å². The highest BCUT2D eigenvalue weighted by Gasteiger charge is 2.28. The Hall–Kier alpha value is -1.96. The van der Waals surface area contributed by atoms with Crippen molar-refractivity contribution in [2.75, 3.05) is 19.3 Å². The molecule has 1 fully saturated rings. The molecule has 0 unspecified atom stereocenters. The number of piperidine rings is 1. The molecule has 3 heterocycles. The lowest BCUT2D eigenvalue weighted by Crippen LogP contribution is -2.38. The van der Waals surface area contributed by atoms with Crippen molar-refractivity contribution in [2.45, 2.75) is 18.9 Å². The van der Waals surface area contributed by atoms with Crippen LogP contribution in [0.2, 0.25) is 5.02 Å². The summed E-state index contributed by atoms with van der Waals surface area (Å²) in [7, 11) is -3.13. The fraction of sp³-hybridized carbons (Fsp3) is 0.333. The number of hydrogen-bond acceptors (Lipinski definition) is 4. The van der Waals surface area contributed by atoms with E-state index in [9.17, 15) is 8.42 Å². The van der Waals surface area contributed by atoms with Crippen molar-refractivity contribution in [1.29, 1.82) is 0 Å². The fourth-order valence-corrected chi connectivity index (χ4v) is 4.50. The van der Waals surface area contributed by atoms with Gasteiger partial charge < -0.3 is 0 Å². The Labute approximate surface area is 157 Å². The van der Waals surface area contributed by atoms with Crippen molar-refractivity contribution >= 4 is 32.5 Å². The molecular weight excluding hydrogens is 372 g/mol. The van der Waals surface area contributed by atoms with Gasteiger partial charge in [0.1, 0.15) is 5.69 Å². The molecule has 0 radical (unpaired) electrons. The third-order valence-corrected chi connectivity index (χ3v) is 6.42. The van der Waals surface area contributed by atoms with E-state index in [-0.39, 0.29) is 6.04 Å². The second-order valence-corrected chi connectivity index (χ2v) is 9.00. The summed E-state index contributed by atoms with van der Waals surface area (Å²) in [5, 5.41) is 6.54. The zero-order valence-corrected chi connectivity index (χ0v) is 15.9. The Morgan fingerprint density at radius 1 is 1.12 bits per heavy atom. The Kier molecular flexibility index (Phi) is 4.46. The van der Waals surface area contributed by atoms with Gasteiger partial charge in [0, 0.05) is 41.5 Å². The van der Waals surface area contributed by atoms with Gasteiger partial charge in [0.25, 0.3) is 0 Å². The molecule has 26 heavy (non-hydrogen) atoms. The van der Waals surface area contributed by atoms with Crippen LogP contribution in [0.25, 0.3) is 22.2 Å². The van der Waals surface area contributed by atoms with E-state index in [1.807, 2.05) is 41.2 Å². The van der Waals surface area contributed by atoms with E-state index < -0.39 is 10.0 Å². The normalized spacial score (nSPS) is 17.0. The lowest BCUT2D eigenvalue weighted by molar-refractivity contribution is 0.267. The molecule has 1 aromatic carbocycles. The van der Waals surface area contributed by atoms with E-state index in [2.05, 4.69) is 4.98 Å². The lowest BCUT2D eigenvalue weighted by Gasteiger charge is -2.30. The van der Waals surface area contributed by atoms with Gasteiger partial charge in [-0.05, 0) is 31.0 Å². The van der Waals surface area contributed by atoms with Crippen LogP contribution in [0.1, 0.15) is 18.9 Å². The number of fused-ring (bicyclic) bond motifs is 1. The topological polar surface area (TPSA) is 68.1 Å². The maximum Gasteiger partial charge on any atom is 0.211 e. The van der Waals surface area contributed by atoms with Crippen molar-refractivity contribution in [3.05, 3.63) is 47.7 Å². The number of benzene rings is 1. The quantitative estimate of drug-likeness (QED) is 0.687. The average Bonchev–Trinajstić information content (AvgIpc) is 3.01. The predicted molar refractivity (Wildman–Crippen MR) is 103 cm³/mol. The van der Waals surface area contributed by atoms with Gasteiger partial charge in [-0.25, -0.2) is 12.7 Å². The molecule has 4 rings (SSSR count). The maximum absolute atomic E-state index is 11.7. The van der Waals surface area contributed by atoms with Crippen LogP contribution in [-0.2, 0) is 10.0 Å². The Balaban J connectivity index is 1.72. The highest BCUT2D eigenvalue weighted by Crippen LogP contribution is 2.33. The van der Waals surface area contributed by atoms with E-state index in [1.165, 1.54) is 10.6 Å². The van der Waals surface area contributed by atoms with Crippen molar-refractivity contribution in [2.24, 2.45) is 0 Å². The summed E-state index contributed by atoms with van der Waals surface area (Å²) in [5.74, 6) is 0. The Bertz CT molecular complexity index is 1040. The molecule has 1 aliphatic heterocycles.